The lowest BCUT2D eigenvalue weighted by atomic mass is 10.0. The van der Waals surface area contributed by atoms with Crippen LogP contribution < -0.4 is 5.32 Å². The van der Waals surface area contributed by atoms with Crippen LogP contribution in [0.2, 0.25) is 0 Å². The smallest absolute Gasteiger partial charge is 0.277 e. The summed E-state index contributed by atoms with van der Waals surface area (Å²) in [7, 11) is 0. The van der Waals surface area contributed by atoms with Crippen molar-refractivity contribution in [1.29, 1.82) is 0 Å². The fourth-order valence-electron chi connectivity index (χ4n) is 3.27. The van der Waals surface area contributed by atoms with Crippen LogP contribution in [0, 0.1) is 10.1 Å². The average molecular weight is 391 g/mol. The molecule has 1 aromatic rings. The third-order valence-corrected chi connectivity index (χ3v) is 5.88. The first-order valence-corrected chi connectivity index (χ1v) is 9.77. The molecule has 8 nitrogen and oxygen atoms in total. The number of benzene rings is 1. The third-order valence-electron chi connectivity index (χ3n) is 4.57. The van der Waals surface area contributed by atoms with Crippen LogP contribution in [0.1, 0.15) is 32.1 Å². The lowest BCUT2D eigenvalue weighted by Gasteiger charge is -2.21. The molecule has 27 heavy (non-hydrogen) atoms. The maximum Gasteiger partial charge on any atom is 0.277 e. The molecular formula is C18H21N3O5S. The first kappa shape index (κ1) is 19.4. The molecule has 0 unspecified atom stereocenters. The fraction of sp³-hybridized carbons (Fsp3) is 0.444. The van der Waals surface area contributed by atoms with Gasteiger partial charge in [-0.05, 0) is 18.9 Å². The quantitative estimate of drug-likeness (QED) is 0.417. The molecule has 1 heterocycles. The van der Waals surface area contributed by atoms with Crippen molar-refractivity contribution in [2.75, 3.05) is 18.5 Å². The van der Waals surface area contributed by atoms with E-state index in [4.69, 9.17) is 5.11 Å². The zero-order valence-electron chi connectivity index (χ0n) is 14.7. The predicted molar refractivity (Wildman–Crippen MR) is 101 cm³/mol. The number of carbonyl (C=O) groups excluding carboxylic acids is 2. The fourth-order valence-corrected chi connectivity index (χ4v) is 4.61. The van der Waals surface area contributed by atoms with Crippen LogP contribution in [0.15, 0.2) is 34.9 Å². The minimum Gasteiger partial charge on any atom is -0.395 e. The van der Waals surface area contributed by atoms with E-state index in [1.165, 1.54) is 25.3 Å². The second-order valence-corrected chi connectivity index (χ2v) is 7.93. The minimum absolute atomic E-state index is 0.0440. The molecule has 9 heteroatoms. The van der Waals surface area contributed by atoms with Crippen molar-refractivity contribution >= 4 is 35.0 Å². The summed E-state index contributed by atoms with van der Waals surface area (Å²) in [5, 5.41) is 23.5. The highest BCUT2D eigenvalue weighted by atomic mass is 32.2. The highest BCUT2D eigenvalue weighted by Crippen LogP contribution is 2.37. The molecule has 2 N–H and O–H groups in total. The number of rotatable bonds is 7. The Bertz CT molecular complexity index is 789. The summed E-state index contributed by atoms with van der Waals surface area (Å²) in [6.07, 6.45) is 6.89. The van der Waals surface area contributed by atoms with Gasteiger partial charge < -0.3 is 10.4 Å². The molecule has 1 saturated carbocycles. The maximum absolute atomic E-state index is 12.3. The van der Waals surface area contributed by atoms with Crippen molar-refractivity contribution in [3.05, 3.63) is 40.1 Å². The van der Waals surface area contributed by atoms with Crippen molar-refractivity contribution in [1.82, 2.24) is 4.90 Å². The van der Waals surface area contributed by atoms with Gasteiger partial charge in [0.15, 0.2) is 0 Å². The van der Waals surface area contributed by atoms with Crippen molar-refractivity contribution in [2.45, 2.75) is 42.2 Å². The van der Waals surface area contributed by atoms with Gasteiger partial charge in [-0.25, -0.2) is 0 Å². The molecular weight excluding hydrogens is 370 g/mol. The number of anilines is 1. The lowest BCUT2D eigenvalue weighted by Crippen LogP contribution is -2.34. The zero-order valence-corrected chi connectivity index (χ0v) is 15.5. The summed E-state index contributed by atoms with van der Waals surface area (Å²) >= 11 is 1.62. The Morgan fingerprint density at radius 2 is 1.96 bits per heavy atom. The number of hydrogen-bond acceptors (Lipinski definition) is 7. The Kier molecular flexibility index (Phi) is 6.12. The monoisotopic (exact) mass is 391 g/mol. The number of carbonyl (C=O) groups is 2. The molecule has 3 rings (SSSR count). The van der Waals surface area contributed by atoms with Gasteiger partial charge in [-0.15, -0.1) is 11.8 Å². The number of nitro benzene ring substituents is 1. The van der Waals surface area contributed by atoms with Gasteiger partial charge in [-0.1, -0.05) is 19.3 Å². The number of amides is 2. The average Bonchev–Trinajstić information content (AvgIpc) is 2.90. The van der Waals surface area contributed by atoms with Crippen LogP contribution >= 0.6 is 11.8 Å². The van der Waals surface area contributed by atoms with E-state index in [0.717, 1.165) is 28.7 Å². The number of aliphatic hydroxyl groups is 1. The summed E-state index contributed by atoms with van der Waals surface area (Å²) in [5.74, 6) is -1.07. The standard InChI is InChI=1S/C18H21N3O5S/c22-7-6-20-17(23)11-16(18(20)24)19-12-8-13(21(25)26)10-15(9-12)27-14-4-2-1-3-5-14/h8-11,14,19,22H,1-7H2. The molecule has 144 valence electrons. The molecule has 2 amide bonds. The third kappa shape index (κ3) is 4.67. The molecule has 0 spiro atoms. The number of non-ortho nitro benzene ring substituents is 1. The molecule has 0 bridgehead atoms. The molecule has 1 aromatic carbocycles. The molecule has 1 fully saturated rings. The zero-order chi connectivity index (χ0) is 19.4. The van der Waals surface area contributed by atoms with Gasteiger partial charge in [-0.2, -0.15) is 0 Å². The van der Waals surface area contributed by atoms with Crippen LogP contribution in [-0.2, 0) is 9.59 Å². The molecule has 0 atom stereocenters. The van der Waals surface area contributed by atoms with E-state index in [9.17, 15) is 19.7 Å². The van der Waals surface area contributed by atoms with Crippen LogP contribution in [0.3, 0.4) is 0 Å². The summed E-state index contributed by atoms with van der Waals surface area (Å²) in [6, 6.07) is 4.65. The summed E-state index contributed by atoms with van der Waals surface area (Å²) in [5.41, 5.74) is 0.367. The Hall–Kier alpha value is -2.39. The number of thioether (sulfide) groups is 1. The van der Waals surface area contributed by atoms with Crippen LogP contribution in [0.4, 0.5) is 11.4 Å². The molecule has 0 saturated heterocycles. The van der Waals surface area contributed by atoms with Gasteiger partial charge in [0.25, 0.3) is 17.5 Å². The topological polar surface area (TPSA) is 113 Å². The number of β-amino-alcohol motifs (C(OH)–C–C–N with tert-alkyl or cyclic N) is 1. The normalized spacial score (nSPS) is 18.0. The Morgan fingerprint density at radius 3 is 2.63 bits per heavy atom. The Labute approximate surface area is 160 Å². The van der Waals surface area contributed by atoms with Gasteiger partial charge in [0.2, 0.25) is 0 Å². The van der Waals surface area contributed by atoms with Crippen LogP contribution in [-0.4, -0.2) is 45.1 Å². The first-order chi connectivity index (χ1) is 13.0. The van der Waals surface area contributed by atoms with Crippen LogP contribution in [0.5, 0.6) is 0 Å². The van der Waals surface area contributed by atoms with E-state index in [0.29, 0.717) is 10.9 Å². The highest BCUT2D eigenvalue weighted by molar-refractivity contribution is 8.00. The largest absolute Gasteiger partial charge is 0.395 e. The predicted octanol–water partition coefficient (Wildman–Crippen LogP) is 2.68. The first-order valence-electron chi connectivity index (χ1n) is 8.89. The van der Waals surface area contributed by atoms with Crippen LogP contribution in [0.25, 0.3) is 0 Å². The number of nitrogens with one attached hydrogen (secondary N) is 1. The number of hydrogen-bond donors (Lipinski definition) is 2. The Morgan fingerprint density at radius 1 is 1.22 bits per heavy atom. The van der Waals surface area contributed by atoms with Gasteiger partial charge in [0.1, 0.15) is 5.70 Å². The van der Waals surface area contributed by atoms with E-state index < -0.39 is 16.7 Å². The number of nitrogens with zero attached hydrogens (tertiary/aromatic N) is 2. The molecule has 0 aromatic heterocycles. The molecule has 1 aliphatic heterocycles. The van der Waals surface area contributed by atoms with Crippen molar-refractivity contribution < 1.29 is 19.6 Å². The van der Waals surface area contributed by atoms with Gasteiger partial charge in [0, 0.05) is 34.0 Å². The maximum atomic E-state index is 12.3. The molecule has 0 radical (unpaired) electrons. The Balaban J connectivity index is 1.80. The van der Waals surface area contributed by atoms with Crippen molar-refractivity contribution in [2.24, 2.45) is 0 Å². The second kappa shape index (κ2) is 8.53. The SMILES string of the molecule is O=C1C=C(Nc2cc(SC3CCCCC3)cc([N+](=O)[O-])c2)C(=O)N1CCO. The highest BCUT2D eigenvalue weighted by Gasteiger charge is 2.31. The van der Waals surface area contributed by atoms with Gasteiger partial charge >= 0.3 is 0 Å². The number of imide groups is 1. The molecule has 1 aliphatic carbocycles. The van der Waals surface area contributed by atoms with Crippen molar-refractivity contribution in [3.8, 4) is 0 Å². The van der Waals surface area contributed by atoms with Gasteiger partial charge in [-0.3, -0.25) is 24.6 Å². The van der Waals surface area contributed by atoms with E-state index in [-0.39, 0.29) is 24.5 Å². The summed E-state index contributed by atoms with van der Waals surface area (Å²) < 4.78 is 0. The summed E-state index contributed by atoms with van der Waals surface area (Å²) in [6.45, 7) is -0.408. The summed E-state index contributed by atoms with van der Waals surface area (Å²) in [4.78, 5) is 36.6. The van der Waals surface area contributed by atoms with Gasteiger partial charge in [0.05, 0.1) is 18.1 Å². The second-order valence-electron chi connectivity index (χ2n) is 6.55. The molecule has 2 aliphatic rings. The van der Waals surface area contributed by atoms with E-state index >= 15 is 0 Å². The lowest BCUT2D eigenvalue weighted by molar-refractivity contribution is -0.385. The van der Waals surface area contributed by atoms with E-state index in [1.807, 2.05) is 0 Å². The number of aliphatic hydroxyl groups excluding tert-OH is 1. The van der Waals surface area contributed by atoms with E-state index in [1.54, 1.807) is 23.9 Å². The minimum atomic E-state index is -0.554. The van der Waals surface area contributed by atoms with E-state index in [2.05, 4.69) is 5.32 Å². The van der Waals surface area contributed by atoms with Crippen molar-refractivity contribution in [3.63, 3.8) is 0 Å². The number of nitro groups is 1.